The number of aromatic nitrogens is 1. The Morgan fingerprint density at radius 3 is 2.50 bits per heavy atom. The monoisotopic (exact) mass is 270 g/mol. The minimum atomic E-state index is 0.535. The summed E-state index contributed by atoms with van der Waals surface area (Å²) in [6.07, 6.45) is 11.1. The summed E-state index contributed by atoms with van der Waals surface area (Å²) < 4.78 is 0. The number of hydrogen-bond acceptors (Lipinski definition) is 4. The molecule has 1 aliphatic heterocycles. The van der Waals surface area contributed by atoms with Crippen LogP contribution in [0.15, 0.2) is 12.3 Å². The molecule has 0 aromatic carbocycles. The Kier molecular flexibility index (Phi) is 3.52. The highest BCUT2D eigenvalue weighted by atomic mass is 15.2. The van der Waals surface area contributed by atoms with Crippen molar-refractivity contribution in [2.45, 2.75) is 44.9 Å². The Morgan fingerprint density at radius 1 is 1.15 bits per heavy atom. The van der Waals surface area contributed by atoms with Crippen LogP contribution in [0.25, 0.3) is 0 Å². The van der Waals surface area contributed by atoms with Crippen LogP contribution >= 0.6 is 0 Å². The second-order valence-corrected chi connectivity index (χ2v) is 6.26. The number of rotatable bonds is 1. The van der Waals surface area contributed by atoms with Crippen molar-refractivity contribution in [3.8, 4) is 6.07 Å². The molecule has 106 valence electrons. The first-order valence-corrected chi connectivity index (χ1v) is 7.64. The van der Waals surface area contributed by atoms with E-state index in [0.29, 0.717) is 16.7 Å². The molecule has 0 radical (unpaired) electrons. The van der Waals surface area contributed by atoms with Gasteiger partial charge in [0.1, 0.15) is 6.07 Å². The van der Waals surface area contributed by atoms with Crippen LogP contribution in [0.2, 0.25) is 0 Å². The first kappa shape index (κ1) is 13.2. The van der Waals surface area contributed by atoms with Gasteiger partial charge in [-0.3, -0.25) is 0 Å². The van der Waals surface area contributed by atoms with E-state index in [-0.39, 0.29) is 0 Å². The number of nitrogen functional groups attached to an aromatic ring is 1. The Bertz CT molecular complexity index is 516. The highest BCUT2D eigenvalue weighted by molar-refractivity contribution is 5.70. The van der Waals surface area contributed by atoms with Gasteiger partial charge in [0.25, 0.3) is 0 Å². The highest BCUT2D eigenvalue weighted by Gasteiger charge is 2.36. The number of nitriles is 1. The number of nitrogens with two attached hydrogens (primary N) is 1. The summed E-state index contributed by atoms with van der Waals surface area (Å²) in [5.41, 5.74) is 7.72. The topological polar surface area (TPSA) is 65.9 Å². The average molecular weight is 270 g/mol. The number of pyridine rings is 1. The highest BCUT2D eigenvalue weighted by Crippen LogP contribution is 2.45. The summed E-state index contributed by atoms with van der Waals surface area (Å²) in [6.45, 7) is 2.04. The van der Waals surface area contributed by atoms with Crippen molar-refractivity contribution in [1.82, 2.24) is 4.98 Å². The number of hydrogen-bond donors (Lipinski definition) is 1. The van der Waals surface area contributed by atoms with Gasteiger partial charge in [0.05, 0.1) is 11.3 Å². The third-order valence-electron chi connectivity index (χ3n) is 5.13. The van der Waals surface area contributed by atoms with Gasteiger partial charge in [-0.25, -0.2) is 4.98 Å². The van der Waals surface area contributed by atoms with Gasteiger partial charge in [-0.2, -0.15) is 5.26 Å². The minimum Gasteiger partial charge on any atom is -0.395 e. The molecule has 4 nitrogen and oxygen atoms in total. The van der Waals surface area contributed by atoms with E-state index in [1.165, 1.54) is 44.9 Å². The van der Waals surface area contributed by atoms with E-state index in [2.05, 4.69) is 16.0 Å². The first-order valence-electron chi connectivity index (χ1n) is 7.64. The Labute approximate surface area is 120 Å². The largest absolute Gasteiger partial charge is 0.395 e. The van der Waals surface area contributed by atoms with E-state index in [9.17, 15) is 0 Å². The Morgan fingerprint density at radius 2 is 1.85 bits per heavy atom. The fraction of sp³-hybridized carbons (Fsp3) is 0.625. The maximum atomic E-state index is 9.06. The lowest BCUT2D eigenvalue weighted by Crippen LogP contribution is -2.41. The van der Waals surface area contributed by atoms with Crippen LogP contribution in [0.4, 0.5) is 11.5 Å². The molecule has 4 heteroatoms. The van der Waals surface area contributed by atoms with Gasteiger partial charge >= 0.3 is 0 Å². The van der Waals surface area contributed by atoms with E-state index < -0.39 is 0 Å². The van der Waals surface area contributed by atoms with Crippen molar-refractivity contribution in [2.75, 3.05) is 23.7 Å². The third-order valence-corrected chi connectivity index (χ3v) is 5.13. The molecule has 0 atom stereocenters. The van der Waals surface area contributed by atoms with E-state index in [1.54, 1.807) is 12.3 Å². The maximum Gasteiger partial charge on any atom is 0.153 e. The van der Waals surface area contributed by atoms with Gasteiger partial charge in [-0.15, -0.1) is 0 Å². The van der Waals surface area contributed by atoms with Crippen LogP contribution in [0.3, 0.4) is 0 Å². The molecular formula is C16H22N4. The van der Waals surface area contributed by atoms with Crippen LogP contribution in [-0.2, 0) is 0 Å². The molecule has 3 rings (SSSR count). The first-order chi connectivity index (χ1) is 9.74. The normalized spacial score (nSPS) is 21.6. The zero-order valence-corrected chi connectivity index (χ0v) is 11.9. The molecule has 0 amide bonds. The molecule has 1 aromatic rings. The molecular weight excluding hydrogens is 248 g/mol. The zero-order chi connectivity index (χ0) is 14.0. The van der Waals surface area contributed by atoms with Crippen molar-refractivity contribution in [3.05, 3.63) is 17.8 Å². The SMILES string of the molecule is N#Cc1ccnc(N2CCC3(CCCCC3)CC2)c1N. The van der Waals surface area contributed by atoms with Crippen LogP contribution in [0, 0.1) is 16.7 Å². The standard InChI is InChI=1S/C16H22N4/c17-12-13-4-9-19-15(14(13)18)20-10-7-16(8-11-20)5-2-1-3-6-16/h4,9H,1-3,5-8,10-11,18H2. The van der Waals surface area contributed by atoms with Gasteiger partial charge in [-0.05, 0) is 37.2 Å². The van der Waals surface area contributed by atoms with Crippen molar-refractivity contribution in [1.29, 1.82) is 5.26 Å². The summed E-state index contributed by atoms with van der Waals surface area (Å²) in [5, 5.41) is 9.06. The number of nitrogens with zero attached hydrogens (tertiary/aromatic N) is 3. The van der Waals surface area contributed by atoms with Gasteiger partial charge < -0.3 is 10.6 Å². The molecule has 2 N–H and O–H groups in total. The van der Waals surface area contributed by atoms with E-state index in [1.807, 2.05) is 0 Å². The molecule has 0 unspecified atom stereocenters. The van der Waals surface area contributed by atoms with Gasteiger partial charge in [-0.1, -0.05) is 19.3 Å². The summed E-state index contributed by atoms with van der Waals surface area (Å²) in [5.74, 6) is 0.801. The van der Waals surface area contributed by atoms with Crippen LogP contribution in [-0.4, -0.2) is 18.1 Å². The van der Waals surface area contributed by atoms with E-state index in [4.69, 9.17) is 11.0 Å². The second-order valence-electron chi connectivity index (χ2n) is 6.26. The molecule has 20 heavy (non-hydrogen) atoms. The number of piperidine rings is 1. The molecule has 2 heterocycles. The molecule has 1 saturated heterocycles. The van der Waals surface area contributed by atoms with Crippen molar-refractivity contribution in [3.63, 3.8) is 0 Å². The van der Waals surface area contributed by atoms with Gasteiger partial charge in [0, 0.05) is 19.3 Å². The van der Waals surface area contributed by atoms with Crippen LogP contribution < -0.4 is 10.6 Å². The smallest absolute Gasteiger partial charge is 0.153 e. The summed E-state index contributed by atoms with van der Waals surface area (Å²) >= 11 is 0. The second kappa shape index (κ2) is 5.32. The lowest BCUT2D eigenvalue weighted by Gasteiger charge is -2.44. The zero-order valence-electron chi connectivity index (χ0n) is 11.9. The molecule has 0 bridgehead atoms. The predicted molar refractivity (Wildman–Crippen MR) is 80.3 cm³/mol. The molecule has 1 saturated carbocycles. The molecule has 2 fully saturated rings. The quantitative estimate of drug-likeness (QED) is 0.851. The lowest BCUT2D eigenvalue weighted by molar-refractivity contribution is 0.144. The summed E-state index contributed by atoms with van der Waals surface area (Å²) in [4.78, 5) is 6.65. The van der Waals surface area contributed by atoms with Crippen molar-refractivity contribution in [2.24, 2.45) is 5.41 Å². The van der Waals surface area contributed by atoms with Crippen LogP contribution in [0.1, 0.15) is 50.5 Å². The predicted octanol–water partition coefficient (Wildman–Crippen LogP) is 3.09. The lowest BCUT2D eigenvalue weighted by atomic mass is 9.68. The fourth-order valence-corrected chi connectivity index (χ4v) is 3.81. The van der Waals surface area contributed by atoms with Gasteiger partial charge in [0.2, 0.25) is 0 Å². The van der Waals surface area contributed by atoms with Crippen molar-refractivity contribution >= 4 is 11.5 Å². The minimum absolute atomic E-state index is 0.535. The van der Waals surface area contributed by atoms with E-state index >= 15 is 0 Å². The van der Waals surface area contributed by atoms with E-state index in [0.717, 1.165) is 18.9 Å². The third kappa shape index (κ3) is 2.33. The molecule has 2 aliphatic rings. The molecule has 1 aromatic heterocycles. The number of anilines is 2. The average Bonchev–Trinajstić information content (AvgIpc) is 2.50. The van der Waals surface area contributed by atoms with Crippen LogP contribution in [0.5, 0.6) is 0 Å². The summed E-state index contributed by atoms with van der Waals surface area (Å²) in [7, 11) is 0. The fourth-order valence-electron chi connectivity index (χ4n) is 3.81. The Hall–Kier alpha value is -1.76. The Balaban J connectivity index is 1.74. The molecule has 1 spiro atoms. The maximum absolute atomic E-state index is 9.06. The molecule has 1 aliphatic carbocycles. The van der Waals surface area contributed by atoms with Gasteiger partial charge in [0.15, 0.2) is 5.82 Å². The van der Waals surface area contributed by atoms with Crippen molar-refractivity contribution < 1.29 is 0 Å². The summed E-state index contributed by atoms with van der Waals surface area (Å²) in [6, 6.07) is 3.83.